The van der Waals surface area contributed by atoms with Crippen molar-refractivity contribution in [2.45, 2.75) is 6.04 Å². The fourth-order valence-corrected chi connectivity index (χ4v) is 1.81. The number of hydrogen-bond donors (Lipinski definition) is 1. The molecule has 2 rings (SSSR count). The molecule has 0 aliphatic carbocycles. The molecule has 1 aliphatic rings. The van der Waals surface area contributed by atoms with E-state index in [1.54, 1.807) is 31.4 Å². The number of carbonyl (C=O) groups excluding carboxylic acids is 1. The Morgan fingerprint density at radius 2 is 2.06 bits per heavy atom. The Bertz CT molecular complexity index is 374. The number of ether oxygens (including phenoxy) is 2. The maximum Gasteiger partial charge on any atom is 0.169 e. The highest BCUT2D eigenvalue weighted by atomic mass is 16.5. The van der Waals surface area contributed by atoms with E-state index in [-0.39, 0.29) is 17.7 Å². The molecule has 1 heterocycles. The quantitative estimate of drug-likeness (QED) is 0.769. The molecule has 1 saturated heterocycles. The molecule has 86 valence electrons. The van der Waals surface area contributed by atoms with Crippen molar-refractivity contribution in [2.24, 2.45) is 11.7 Å². The van der Waals surface area contributed by atoms with Gasteiger partial charge in [-0.2, -0.15) is 0 Å². The van der Waals surface area contributed by atoms with Gasteiger partial charge in [0.2, 0.25) is 0 Å². The molecule has 0 amide bonds. The van der Waals surface area contributed by atoms with E-state index in [4.69, 9.17) is 15.2 Å². The lowest BCUT2D eigenvalue weighted by molar-refractivity contribution is 0.0896. The number of hydrogen-bond acceptors (Lipinski definition) is 4. The average Bonchev–Trinajstić information content (AvgIpc) is 2.75. The molecule has 0 radical (unpaired) electrons. The van der Waals surface area contributed by atoms with Crippen molar-refractivity contribution in [1.82, 2.24) is 0 Å². The molecule has 0 aromatic heterocycles. The van der Waals surface area contributed by atoms with Crippen molar-refractivity contribution in [3.63, 3.8) is 0 Å². The van der Waals surface area contributed by atoms with Gasteiger partial charge in [0, 0.05) is 11.6 Å². The SMILES string of the molecule is COc1ccc(C(=O)C2COCC2N)cc1. The van der Waals surface area contributed by atoms with Crippen LogP contribution in [0.4, 0.5) is 0 Å². The zero-order chi connectivity index (χ0) is 11.5. The lowest BCUT2D eigenvalue weighted by atomic mass is 9.94. The van der Waals surface area contributed by atoms with E-state index in [1.807, 2.05) is 0 Å². The zero-order valence-corrected chi connectivity index (χ0v) is 9.18. The first-order valence-corrected chi connectivity index (χ1v) is 5.24. The first-order chi connectivity index (χ1) is 7.72. The summed E-state index contributed by atoms with van der Waals surface area (Å²) in [6.07, 6.45) is 0. The van der Waals surface area contributed by atoms with Gasteiger partial charge < -0.3 is 15.2 Å². The van der Waals surface area contributed by atoms with Crippen molar-refractivity contribution in [3.05, 3.63) is 29.8 Å². The predicted octanol–water partition coefficient (Wildman–Crippen LogP) is 0.852. The van der Waals surface area contributed by atoms with Gasteiger partial charge in [-0.15, -0.1) is 0 Å². The molecule has 1 fully saturated rings. The van der Waals surface area contributed by atoms with Crippen LogP contribution in [0, 0.1) is 5.92 Å². The van der Waals surface area contributed by atoms with Crippen LogP contribution in [0.2, 0.25) is 0 Å². The molecule has 0 bridgehead atoms. The van der Waals surface area contributed by atoms with E-state index in [1.165, 1.54) is 0 Å². The van der Waals surface area contributed by atoms with Crippen molar-refractivity contribution >= 4 is 5.78 Å². The van der Waals surface area contributed by atoms with Crippen LogP contribution in [0.15, 0.2) is 24.3 Å². The molecule has 0 spiro atoms. The molecule has 0 saturated carbocycles. The van der Waals surface area contributed by atoms with E-state index in [9.17, 15) is 4.79 Å². The van der Waals surface area contributed by atoms with Gasteiger partial charge >= 0.3 is 0 Å². The molecule has 1 aromatic carbocycles. The maximum absolute atomic E-state index is 12.1. The lowest BCUT2D eigenvalue weighted by Gasteiger charge is -2.11. The number of methoxy groups -OCH3 is 1. The Morgan fingerprint density at radius 1 is 1.38 bits per heavy atom. The third-order valence-corrected chi connectivity index (χ3v) is 2.84. The Labute approximate surface area is 94.3 Å². The van der Waals surface area contributed by atoms with Crippen LogP contribution in [0.3, 0.4) is 0 Å². The second kappa shape index (κ2) is 4.63. The molecule has 2 unspecified atom stereocenters. The van der Waals surface area contributed by atoms with Crippen LogP contribution in [-0.4, -0.2) is 32.1 Å². The first kappa shape index (κ1) is 11.1. The minimum absolute atomic E-state index is 0.0488. The fraction of sp³-hybridized carbons (Fsp3) is 0.417. The molecule has 16 heavy (non-hydrogen) atoms. The topological polar surface area (TPSA) is 61.5 Å². The summed E-state index contributed by atoms with van der Waals surface area (Å²) in [5.41, 5.74) is 6.46. The highest BCUT2D eigenvalue weighted by Crippen LogP contribution is 2.19. The number of ketones is 1. The molecule has 1 aliphatic heterocycles. The highest BCUT2D eigenvalue weighted by molar-refractivity contribution is 5.98. The van der Waals surface area contributed by atoms with Gasteiger partial charge in [0.1, 0.15) is 5.75 Å². The fourth-order valence-electron chi connectivity index (χ4n) is 1.81. The summed E-state index contributed by atoms with van der Waals surface area (Å²) in [7, 11) is 1.59. The van der Waals surface area contributed by atoms with Crippen LogP contribution in [0.1, 0.15) is 10.4 Å². The average molecular weight is 221 g/mol. The summed E-state index contributed by atoms with van der Waals surface area (Å²) in [6.45, 7) is 0.887. The van der Waals surface area contributed by atoms with Crippen LogP contribution in [0.5, 0.6) is 5.75 Å². The van der Waals surface area contributed by atoms with Crippen molar-refractivity contribution in [3.8, 4) is 5.75 Å². The van der Waals surface area contributed by atoms with Crippen molar-refractivity contribution in [1.29, 1.82) is 0 Å². The largest absolute Gasteiger partial charge is 0.497 e. The Hall–Kier alpha value is -1.39. The number of carbonyl (C=O) groups is 1. The maximum atomic E-state index is 12.1. The minimum Gasteiger partial charge on any atom is -0.497 e. The number of Topliss-reactive ketones (excluding diaryl/α,β-unsaturated/α-hetero) is 1. The van der Waals surface area contributed by atoms with Gasteiger partial charge in [0.25, 0.3) is 0 Å². The summed E-state index contributed by atoms with van der Waals surface area (Å²) in [4.78, 5) is 12.1. The van der Waals surface area contributed by atoms with Gasteiger partial charge in [-0.3, -0.25) is 4.79 Å². The first-order valence-electron chi connectivity index (χ1n) is 5.24. The number of benzene rings is 1. The molecular weight excluding hydrogens is 206 g/mol. The van der Waals surface area contributed by atoms with Gasteiger partial charge in [0.15, 0.2) is 5.78 Å². The monoisotopic (exact) mass is 221 g/mol. The molecule has 2 atom stereocenters. The van der Waals surface area contributed by atoms with E-state index in [0.29, 0.717) is 18.8 Å². The molecular formula is C12H15NO3. The third-order valence-electron chi connectivity index (χ3n) is 2.84. The third kappa shape index (κ3) is 2.08. The van der Waals surface area contributed by atoms with Gasteiger partial charge in [-0.25, -0.2) is 0 Å². The van der Waals surface area contributed by atoms with E-state index in [0.717, 1.165) is 5.75 Å². The lowest BCUT2D eigenvalue weighted by Crippen LogP contribution is -2.34. The zero-order valence-electron chi connectivity index (χ0n) is 9.18. The molecule has 2 N–H and O–H groups in total. The summed E-state index contributed by atoms with van der Waals surface area (Å²) in [6, 6.07) is 6.87. The van der Waals surface area contributed by atoms with Crippen LogP contribution in [-0.2, 0) is 4.74 Å². The summed E-state index contributed by atoms with van der Waals surface area (Å²) < 4.78 is 10.2. The smallest absolute Gasteiger partial charge is 0.169 e. The van der Waals surface area contributed by atoms with Crippen molar-refractivity contribution in [2.75, 3.05) is 20.3 Å². The van der Waals surface area contributed by atoms with Crippen molar-refractivity contribution < 1.29 is 14.3 Å². The predicted molar refractivity (Wildman–Crippen MR) is 59.6 cm³/mol. The van der Waals surface area contributed by atoms with Gasteiger partial charge in [-0.05, 0) is 24.3 Å². The standard InChI is InChI=1S/C12H15NO3/c1-15-9-4-2-8(3-5-9)12(14)10-6-16-7-11(10)13/h2-5,10-11H,6-7,13H2,1H3. The molecule has 1 aromatic rings. The minimum atomic E-state index is -0.214. The van der Waals surface area contributed by atoms with Crippen LogP contribution < -0.4 is 10.5 Å². The summed E-state index contributed by atoms with van der Waals surface area (Å²) >= 11 is 0. The second-order valence-corrected chi connectivity index (χ2v) is 3.90. The van der Waals surface area contributed by atoms with Gasteiger partial charge in [-0.1, -0.05) is 0 Å². The Balaban J connectivity index is 2.14. The molecule has 4 heteroatoms. The van der Waals surface area contributed by atoms with E-state index in [2.05, 4.69) is 0 Å². The number of rotatable bonds is 3. The highest BCUT2D eigenvalue weighted by Gasteiger charge is 2.31. The molecule has 4 nitrogen and oxygen atoms in total. The van der Waals surface area contributed by atoms with Gasteiger partial charge in [0.05, 0.1) is 26.2 Å². The Morgan fingerprint density at radius 3 is 2.56 bits per heavy atom. The van der Waals surface area contributed by atoms with Crippen LogP contribution in [0.25, 0.3) is 0 Å². The van der Waals surface area contributed by atoms with Crippen LogP contribution >= 0.6 is 0 Å². The second-order valence-electron chi connectivity index (χ2n) is 3.90. The summed E-state index contributed by atoms with van der Waals surface area (Å²) in [5, 5.41) is 0. The van der Waals surface area contributed by atoms with E-state index >= 15 is 0 Å². The Kier molecular flexibility index (Phi) is 3.22. The summed E-state index contributed by atoms with van der Waals surface area (Å²) in [5.74, 6) is 0.574. The number of nitrogens with two attached hydrogens (primary N) is 1. The normalized spacial score (nSPS) is 24.4. The van der Waals surface area contributed by atoms with E-state index < -0.39 is 0 Å².